The second kappa shape index (κ2) is 5.68. The van der Waals surface area contributed by atoms with Crippen molar-refractivity contribution in [1.29, 1.82) is 0 Å². The number of halogens is 1. The third kappa shape index (κ3) is 3.20. The van der Waals surface area contributed by atoms with Gasteiger partial charge in [-0.05, 0) is 40.2 Å². The Morgan fingerprint density at radius 3 is 2.65 bits per heavy atom. The fraction of sp³-hybridized carbons (Fsp3) is 0.0833. The first-order valence-electron chi connectivity index (χ1n) is 5.49. The van der Waals surface area contributed by atoms with E-state index in [1.54, 1.807) is 12.1 Å². The molecule has 0 bridgehead atoms. The minimum absolute atomic E-state index is 0.0567. The van der Waals surface area contributed by atoms with Gasteiger partial charge in [0, 0.05) is 16.9 Å². The number of pyridine rings is 1. The highest BCUT2D eigenvalue weighted by atomic mass is 79.9. The second-order valence-corrected chi connectivity index (χ2v) is 6.50. The SMILES string of the molecule is COc1ccc(NS(=O)(=O)c2cncc(Br)c2)cc1N. The number of rotatable bonds is 4. The van der Waals surface area contributed by atoms with E-state index in [9.17, 15) is 8.42 Å². The standard InChI is InChI=1S/C12H12BrN3O3S/c1-19-12-3-2-9(5-11(12)14)16-20(17,18)10-4-8(13)6-15-7-10/h2-7,16H,14H2,1H3. The fourth-order valence-corrected chi connectivity index (χ4v) is 3.10. The average molecular weight is 358 g/mol. The molecule has 0 fully saturated rings. The van der Waals surface area contributed by atoms with E-state index in [4.69, 9.17) is 10.5 Å². The van der Waals surface area contributed by atoms with Crippen molar-refractivity contribution in [3.8, 4) is 5.75 Å². The van der Waals surface area contributed by atoms with Crippen LogP contribution in [0.15, 0.2) is 46.0 Å². The maximum atomic E-state index is 12.2. The Morgan fingerprint density at radius 2 is 2.05 bits per heavy atom. The summed E-state index contributed by atoms with van der Waals surface area (Å²) in [5, 5.41) is 0. The van der Waals surface area contributed by atoms with Crippen LogP contribution in [-0.4, -0.2) is 20.5 Å². The number of aromatic nitrogens is 1. The van der Waals surface area contributed by atoms with Gasteiger partial charge in [0.15, 0.2) is 0 Å². The summed E-state index contributed by atoms with van der Waals surface area (Å²) < 4.78 is 32.4. The summed E-state index contributed by atoms with van der Waals surface area (Å²) in [6.07, 6.45) is 2.77. The summed E-state index contributed by atoms with van der Waals surface area (Å²) in [6, 6.07) is 6.11. The van der Waals surface area contributed by atoms with Crippen molar-refractivity contribution in [2.45, 2.75) is 4.90 Å². The third-order valence-electron chi connectivity index (χ3n) is 2.47. The van der Waals surface area contributed by atoms with Crippen molar-refractivity contribution in [3.63, 3.8) is 0 Å². The molecule has 0 aliphatic carbocycles. The Morgan fingerprint density at radius 1 is 1.30 bits per heavy atom. The highest BCUT2D eigenvalue weighted by Gasteiger charge is 2.15. The summed E-state index contributed by atoms with van der Waals surface area (Å²) in [6.45, 7) is 0. The molecule has 8 heteroatoms. The van der Waals surface area contributed by atoms with Gasteiger partial charge in [-0.15, -0.1) is 0 Å². The highest BCUT2D eigenvalue weighted by Crippen LogP contribution is 2.26. The summed E-state index contributed by atoms with van der Waals surface area (Å²) >= 11 is 3.18. The minimum Gasteiger partial charge on any atom is -0.495 e. The van der Waals surface area contributed by atoms with Gasteiger partial charge in [0.1, 0.15) is 10.6 Å². The van der Waals surface area contributed by atoms with Gasteiger partial charge in [-0.25, -0.2) is 8.42 Å². The Kier molecular flexibility index (Phi) is 4.15. The number of benzene rings is 1. The van der Waals surface area contributed by atoms with Crippen LogP contribution in [0.25, 0.3) is 0 Å². The maximum Gasteiger partial charge on any atom is 0.263 e. The Bertz CT molecular complexity index is 734. The molecule has 1 heterocycles. The zero-order chi connectivity index (χ0) is 14.8. The normalized spacial score (nSPS) is 11.1. The van der Waals surface area contributed by atoms with Gasteiger partial charge < -0.3 is 10.5 Å². The molecule has 6 nitrogen and oxygen atoms in total. The van der Waals surface area contributed by atoms with E-state index in [-0.39, 0.29) is 4.90 Å². The van der Waals surface area contributed by atoms with Crippen LogP contribution in [0.3, 0.4) is 0 Å². The van der Waals surface area contributed by atoms with Gasteiger partial charge >= 0.3 is 0 Å². The van der Waals surface area contributed by atoms with Crippen LogP contribution in [0, 0.1) is 0 Å². The maximum absolute atomic E-state index is 12.2. The molecule has 1 aromatic carbocycles. The lowest BCUT2D eigenvalue weighted by Crippen LogP contribution is -2.13. The summed E-state index contributed by atoms with van der Waals surface area (Å²) in [4.78, 5) is 3.88. The topological polar surface area (TPSA) is 94.3 Å². The van der Waals surface area contributed by atoms with Crippen LogP contribution in [-0.2, 0) is 10.0 Å². The highest BCUT2D eigenvalue weighted by molar-refractivity contribution is 9.10. The molecule has 0 aliphatic heterocycles. The van der Waals surface area contributed by atoms with E-state index in [2.05, 4.69) is 25.6 Å². The van der Waals surface area contributed by atoms with Crippen molar-refractivity contribution in [1.82, 2.24) is 4.98 Å². The molecule has 106 valence electrons. The molecular formula is C12H12BrN3O3S. The first kappa shape index (κ1) is 14.6. The number of nitrogen functional groups attached to an aromatic ring is 1. The quantitative estimate of drug-likeness (QED) is 0.818. The Balaban J connectivity index is 2.31. The molecule has 0 saturated heterocycles. The van der Waals surface area contributed by atoms with Crippen LogP contribution in [0.1, 0.15) is 0 Å². The Hall–Kier alpha value is -1.80. The number of hydrogen-bond donors (Lipinski definition) is 2. The average Bonchev–Trinajstić information content (AvgIpc) is 2.38. The predicted octanol–water partition coefficient (Wildman–Crippen LogP) is 2.24. The molecule has 0 atom stereocenters. The smallest absolute Gasteiger partial charge is 0.263 e. The monoisotopic (exact) mass is 357 g/mol. The molecule has 0 amide bonds. The minimum atomic E-state index is -3.71. The van der Waals surface area contributed by atoms with Gasteiger partial charge in [0.05, 0.1) is 18.5 Å². The number of sulfonamides is 1. The number of nitrogens with zero attached hydrogens (tertiary/aromatic N) is 1. The van der Waals surface area contributed by atoms with Gasteiger partial charge in [0.2, 0.25) is 0 Å². The van der Waals surface area contributed by atoms with Gasteiger partial charge in [0.25, 0.3) is 10.0 Å². The predicted molar refractivity (Wildman–Crippen MR) is 80.2 cm³/mol. The van der Waals surface area contributed by atoms with Crippen molar-refractivity contribution in [3.05, 3.63) is 41.1 Å². The first-order valence-corrected chi connectivity index (χ1v) is 7.77. The lowest BCUT2D eigenvalue weighted by Gasteiger charge is -2.10. The zero-order valence-electron chi connectivity index (χ0n) is 10.5. The van der Waals surface area contributed by atoms with Crippen LogP contribution in [0.2, 0.25) is 0 Å². The van der Waals surface area contributed by atoms with Crippen molar-refractivity contribution in [2.75, 3.05) is 17.6 Å². The number of hydrogen-bond acceptors (Lipinski definition) is 5. The lowest BCUT2D eigenvalue weighted by molar-refractivity contribution is 0.417. The number of anilines is 2. The van der Waals surface area contributed by atoms with Gasteiger partial charge in [-0.1, -0.05) is 0 Å². The number of ether oxygens (including phenoxy) is 1. The molecule has 2 rings (SSSR count). The van der Waals surface area contributed by atoms with E-state index in [0.29, 0.717) is 21.6 Å². The van der Waals surface area contributed by atoms with E-state index >= 15 is 0 Å². The van der Waals surface area contributed by atoms with Crippen molar-refractivity contribution < 1.29 is 13.2 Å². The van der Waals surface area contributed by atoms with Gasteiger partial charge in [-0.2, -0.15) is 0 Å². The van der Waals surface area contributed by atoms with Crippen molar-refractivity contribution >= 4 is 37.3 Å². The van der Waals surface area contributed by atoms with Crippen molar-refractivity contribution in [2.24, 2.45) is 0 Å². The molecule has 0 saturated carbocycles. The summed E-state index contributed by atoms with van der Waals surface area (Å²) in [7, 11) is -2.22. The van der Waals surface area contributed by atoms with Crippen LogP contribution >= 0.6 is 15.9 Å². The molecule has 2 aromatic rings. The van der Waals surface area contributed by atoms with Crippen LogP contribution in [0.4, 0.5) is 11.4 Å². The number of nitrogens with two attached hydrogens (primary N) is 1. The van der Waals surface area contributed by atoms with E-state index in [1.807, 2.05) is 0 Å². The molecule has 0 radical (unpaired) electrons. The Labute approximate surface area is 125 Å². The molecule has 1 aromatic heterocycles. The zero-order valence-corrected chi connectivity index (χ0v) is 12.9. The number of nitrogens with one attached hydrogen (secondary N) is 1. The van der Waals surface area contributed by atoms with E-state index in [1.165, 1.54) is 31.6 Å². The second-order valence-electron chi connectivity index (χ2n) is 3.90. The van der Waals surface area contributed by atoms with E-state index in [0.717, 1.165) is 0 Å². The molecule has 0 spiro atoms. The van der Waals surface area contributed by atoms with Crippen LogP contribution in [0.5, 0.6) is 5.75 Å². The lowest BCUT2D eigenvalue weighted by atomic mass is 10.2. The fourth-order valence-electron chi connectivity index (χ4n) is 1.55. The largest absolute Gasteiger partial charge is 0.495 e. The third-order valence-corrected chi connectivity index (χ3v) is 4.25. The number of methoxy groups -OCH3 is 1. The van der Waals surface area contributed by atoms with Gasteiger partial charge in [-0.3, -0.25) is 9.71 Å². The molecule has 3 N–H and O–H groups in total. The molecule has 0 unspecified atom stereocenters. The molecule has 20 heavy (non-hydrogen) atoms. The molecular weight excluding hydrogens is 346 g/mol. The first-order chi connectivity index (χ1) is 9.42. The summed E-state index contributed by atoms with van der Waals surface area (Å²) in [5.41, 5.74) is 6.43. The summed E-state index contributed by atoms with van der Waals surface area (Å²) in [5.74, 6) is 0.483. The van der Waals surface area contributed by atoms with Crippen LogP contribution < -0.4 is 15.2 Å². The van der Waals surface area contributed by atoms with E-state index < -0.39 is 10.0 Å². The molecule has 0 aliphatic rings.